The number of halogens is 1. The Morgan fingerprint density at radius 2 is 2.04 bits per heavy atom. The number of amides is 1. The summed E-state index contributed by atoms with van der Waals surface area (Å²) in [5, 5.41) is 1.42. The predicted octanol–water partition coefficient (Wildman–Crippen LogP) is 3.34. The molecule has 0 aliphatic carbocycles. The van der Waals surface area contributed by atoms with E-state index in [-0.39, 0.29) is 11.9 Å². The van der Waals surface area contributed by atoms with Crippen LogP contribution in [-0.4, -0.2) is 31.8 Å². The average molecular weight is 398 g/mol. The fourth-order valence-electron chi connectivity index (χ4n) is 3.30. The predicted molar refractivity (Wildman–Crippen MR) is 107 cm³/mol. The van der Waals surface area contributed by atoms with Crippen LogP contribution in [0.5, 0.6) is 0 Å². The quantitative estimate of drug-likeness (QED) is 0.725. The number of nitrogens with zero attached hydrogens (tertiary/aromatic N) is 4. The maximum absolute atomic E-state index is 13.2. The Kier molecular flexibility index (Phi) is 4.87. The Morgan fingerprint density at radius 3 is 2.75 bits per heavy atom. The molecule has 0 spiro atoms. The fraction of sp³-hybridized carbons (Fsp3) is 0.300. The van der Waals surface area contributed by atoms with E-state index in [4.69, 9.17) is 22.1 Å². The molecule has 7 nitrogen and oxygen atoms in total. The number of carbonyl (C=O) groups is 1. The summed E-state index contributed by atoms with van der Waals surface area (Å²) in [4.78, 5) is 28.0. The molecule has 0 radical (unpaired) electrons. The van der Waals surface area contributed by atoms with Gasteiger partial charge >= 0.3 is 0 Å². The highest BCUT2D eigenvalue weighted by molar-refractivity contribution is 6.30. The second kappa shape index (κ2) is 7.33. The van der Waals surface area contributed by atoms with Crippen molar-refractivity contribution < 1.29 is 9.53 Å². The number of pyridine rings is 3. The number of hydrogen-bond acceptors (Lipinski definition) is 6. The molecule has 0 bridgehead atoms. The third-order valence-corrected chi connectivity index (χ3v) is 5.06. The van der Waals surface area contributed by atoms with Crippen molar-refractivity contribution in [3.8, 4) is 0 Å². The summed E-state index contributed by atoms with van der Waals surface area (Å²) in [6, 6.07) is 5.33. The van der Waals surface area contributed by atoms with Gasteiger partial charge in [0.05, 0.1) is 42.2 Å². The average Bonchev–Trinajstić information content (AvgIpc) is 3.17. The van der Waals surface area contributed by atoms with Crippen molar-refractivity contribution in [1.82, 2.24) is 19.9 Å². The van der Waals surface area contributed by atoms with Crippen LogP contribution >= 0.6 is 11.6 Å². The Bertz CT molecular complexity index is 1050. The zero-order chi connectivity index (χ0) is 19.8. The lowest BCUT2D eigenvalue weighted by Gasteiger charge is -2.26. The molecule has 0 saturated carbocycles. The van der Waals surface area contributed by atoms with Crippen LogP contribution in [0, 0.1) is 0 Å². The number of carbonyl (C=O) groups excluding carboxylic acids is 1. The van der Waals surface area contributed by atoms with Crippen molar-refractivity contribution in [2.24, 2.45) is 0 Å². The molecule has 1 aliphatic rings. The second-order valence-corrected chi connectivity index (χ2v) is 7.46. The van der Waals surface area contributed by atoms with Gasteiger partial charge in [-0.2, -0.15) is 0 Å². The summed E-state index contributed by atoms with van der Waals surface area (Å²) in [5.41, 5.74) is 9.66. The van der Waals surface area contributed by atoms with Gasteiger partial charge in [0.25, 0.3) is 5.91 Å². The molecule has 0 aromatic carbocycles. The highest BCUT2D eigenvalue weighted by atomic mass is 35.5. The second-order valence-electron chi connectivity index (χ2n) is 7.03. The van der Waals surface area contributed by atoms with Crippen LogP contribution in [0.15, 0.2) is 30.6 Å². The molecule has 4 rings (SSSR count). The van der Waals surface area contributed by atoms with Crippen molar-refractivity contribution >= 4 is 34.2 Å². The van der Waals surface area contributed by atoms with Crippen LogP contribution in [0.25, 0.3) is 10.9 Å². The van der Waals surface area contributed by atoms with Crippen molar-refractivity contribution in [2.75, 3.05) is 5.73 Å². The van der Waals surface area contributed by atoms with E-state index in [1.165, 1.54) is 0 Å². The van der Waals surface area contributed by atoms with E-state index in [0.29, 0.717) is 41.8 Å². The Labute approximate surface area is 167 Å². The molecule has 8 heteroatoms. The Balaban J connectivity index is 1.70. The zero-order valence-electron chi connectivity index (χ0n) is 15.6. The van der Waals surface area contributed by atoms with Crippen LogP contribution < -0.4 is 5.73 Å². The smallest absolute Gasteiger partial charge is 0.273 e. The topological polar surface area (TPSA) is 94.2 Å². The standard InChI is InChI=1S/C20H20ClN5O2/c1-11(2)26(8-13-4-3-12(21)6-23-13)20(27)17-5-14-15-9-28-10-16(15)19(22)25-18(14)7-24-17/h3-7,11H,8-10H2,1-2H3,(H2,22,25). The first-order valence-corrected chi connectivity index (χ1v) is 9.38. The fourth-order valence-corrected chi connectivity index (χ4v) is 3.41. The molecule has 1 amide bonds. The number of nitrogen functional groups attached to an aromatic ring is 1. The van der Waals surface area contributed by atoms with Crippen LogP contribution in [0.1, 0.15) is 41.2 Å². The van der Waals surface area contributed by atoms with E-state index in [1.807, 2.05) is 19.9 Å². The first-order valence-electron chi connectivity index (χ1n) is 9.00. The maximum Gasteiger partial charge on any atom is 0.273 e. The van der Waals surface area contributed by atoms with Gasteiger partial charge in [-0.15, -0.1) is 0 Å². The van der Waals surface area contributed by atoms with Gasteiger partial charge in [0.15, 0.2) is 0 Å². The summed E-state index contributed by atoms with van der Waals surface area (Å²) in [5.74, 6) is 0.289. The lowest BCUT2D eigenvalue weighted by molar-refractivity contribution is 0.0682. The summed E-state index contributed by atoms with van der Waals surface area (Å²) in [7, 11) is 0. The van der Waals surface area contributed by atoms with Crippen molar-refractivity contribution in [2.45, 2.75) is 39.6 Å². The minimum atomic E-state index is -0.168. The molecule has 3 aromatic heterocycles. The van der Waals surface area contributed by atoms with Crippen molar-refractivity contribution in [3.05, 3.63) is 58.1 Å². The minimum Gasteiger partial charge on any atom is -0.383 e. The molecule has 3 aromatic rings. The third kappa shape index (κ3) is 3.39. The lowest BCUT2D eigenvalue weighted by atomic mass is 10.1. The zero-order valence-corrected chi connectivity index (χ0v) is 16.4. The molecule has 1 aliphatic heterocycles. The molecule has 0 fully saturated rings. The number of fused-ring (bicyclic) bond motifs is 3. The molecular weight excluding hydrogens is 378 g/mol. The Morgan fingerprint density at radius 1 is 1.25 bits per heavy atom. The van der Waals surface area contributed by atoms with Gasteiger partial charge in [0.1, 0.15) is 11.5 Å². The van der Waals surface area contributed by atoms with Gasteiger partial charge in [0, 0.05) is 23.2 Å². The van der Waals surface area contributed by atoms with E-state index in [1.54, 1.807) is 29.4 Å². The van der Waals surface area contributed by atoms with Gasteiger partial charge in [-0.1, -0.05) is 11.6 Å². The van der Waals surface area contributed by atoms with Gasteiger partial charge in [-0.3, -0.25) is 9.78 Å². The van der Waals surface area contributed by atoms with Gasteiger partial charge in [-0.05, 0) is 37.6 Å². The number of nitrogens with two attached hydrogens (primary N) is 1. The molecule has 2 N–H and O–H groups in total. The lowest BCUT2D eigenvalue weighted by Crippen LogP contribution is -2.37. The van der Waals surface area contributed by atoms with E-state index >= 15 is 0 Å². The number of aromatic nitrogens is 3. The molecule has 0 atom stereocenters. The number of anilines is 1. The van der Waals surface area contributed by atoms with Crippen LogP contribution in [0.3, 0.4) is 0 Å². The normalized spacial score (nSPS) is 13.1. The maximum atomic E-state index is 13.2. The summed E-state index contributed by atoms with van der Waals surface area (Å²) >= 11 is 5.90. The third-order valence-electron chi connectivity index (χ3n) is 4.84. The first-order chi connectivity index (χ1) is 13.4. The summed E-state index contributed by atoms with van der Waals surface area (Å²) < 4.78 is 5.52. The number of ether oxygens (including phenoxy) is 1. The van der Waals surface area contributed by atoms with Gasteiger partial charge < -0.3 is 15.4 Å². The van der Waals surface area contributed by atoms with Crippen LogP contribution in [0.2, 0.25) is 5.02 Å². The highest BCUT2D eigenvalue weighted by Crippen LogP contribution is 2.31. The van der Waals surface area contributed by atoms with E-state index in [9.17, 15) is 4.79 Å². The van der Waals surface area contributed by atoms with E-state index < -0.39 is 0 Å². The van der Waals surface area contributed by atoms with E-state index in [2.05, 4.69) is 15.0 Å². The minimum absolute atomic E-state index is 0.0268. The van der Waals surface area contributed by atoms with Gasteiger partial charge in [0.2, 0.25) is 0 Å². The van der Waals surface area contributed by atoms with E-state index in [0.717, 1.165) is 22.2 Å². The molecule has 28 heavy (non-hydrogen) atoms. The van der Waals surface area contributed by atoms with Crippen molar-refractivity contribution in [1.29, 1.82) is 0 Å². The molecular formula is C20H20ClN5O2. The SMILES string of the molecule is CC(C)N(Cc1ccc(Cl)cn1)C(=O)c1cc2c3c(c(N)nc2cn1)COC3. The van der Waals surface area contributed by atoms with Crippen LogP contribution in [-0.2, 0) is 24.5 Å². The van der Waals surface area contributed by atoms with Crippen molar-refractivity contribution in [3.63, 3.8) is 0 Å². The molecule has 4 heterocycles. The number of hydrogen-bond donors (Lipinski definition) is 1. The summed E-state index contributed by atoms with van der Waals surface area (Å²) in [6.45, 7) is 5.19. The summed E-state index contributed by atoms with van der Waals surface area (Å²) in [6.07, 6.45) is 3.17. The molecule has 0 saturated heterocycles. The monoisotopic (exact) mass is 397 g/mol. The largest absolute Gasteiger partial charge is 0.383 e. The molecule has 0 unspecified atom stereocenters. The van der Waals surface area contributed by atoms with Gasteiger partial charge in [-0.25, -0.2) is 9.97 Å². The number of rotatable bonds is 4. The Hall–Kier alpha value is -2.77. The molecule has 144 valence electrons. The first kappa shape index (κ1) is 18.6. The highest BCUT2D eigenvalue weighted by Gasteiger charge is 2.24. The van der Waals surface area contributed by atoms with Crippen LogP contribution in [0.4, 0.5) is 5.82 Å².